The maximum atomic E-state index is 4.32. The molecule has 2 heteroatoms. The van der Waals surface area contributed by atoms with Gasteiger partial charge in [0.15, 0.2) is 0 Å². The van der Waals surface area contributed by atoms with Crippen molar-refractivity contribution in [3.63, 3.8) is 0 Å². The van der Waals surface area contributed by atoms with E-state index in [2.05, 4.69) is 219 Å². The smallest absolute Gasteiger partial charge is 0.0713 e. The van der Waals surface area contributed by atoms with E-state index in [1.54, 1.807) is 0 Å². The summed E-state index contributed by atoms with van der Waals surface area (Å²) in [5.74, 6) is 0. The van der Waals surface area contributed by atoms with Gasteiger partial charge in [-0.3, -0.25) is 0 Å². The maximum Gasteiger partial charge on any atom is 0.0713 e. The van der Waals surface area contributed by atoms with Crippen LogP contribution in [0.5, 0.6) is 0 Å². The Kier molecular flexibility index (Phi) is 9.20. The monoisotopic (exact) mass is 761 g/mol. The molecular formula is C56H43NS. The van der Waals surface area contributed by atoms with Gasteiger partial charge >= 0.3 is 0 Å². The van der Waals surface area contributed by atoms with Crippen molar-refractivity contribution in [2.75, 3.05) is 4.90 Å². The van der Waals surface area contributed by atoms with Gasteiger partial charge in [-0.05, 0) is 129 Å². The quantitative estimate of drug-likeness (QED) is 0.142. The molecule has 7 aromatic carbocycles. The second-order valence-corrected chi connectivity index (χ2v) is 16.2. The second kappa shape index (κ2) is 15.0. The lowest BCUT2D eigenvalue weighted by Crippen LogP contribution is -2.29. The van der Waals surface area contributed by atoms with Gasteiger partial charge in [0.25, 0.3) is 0 Å². The molecule has 2 aliphatic carbocycles. The summed E-state index contributed by atoms with van der Waals surface area (Å²) >= 11 is 1.92. The van der Waals surface area contributed by atoms with Crippen LogP contribution in [-0.2, 0) is 11.8 Å². The standard InChI is InChI=1S/C56H43NS/c1-3-17-52-47(4-2)49-24-11-13-28-53(49)56(52,42-21-9-6-10-22-42)43-32-36-45(37-33-43)57(44-34-30-40(31-35-44)39-18-7-5-8-19-39)46-23-15-20-41(38-46)48-26-16-27-51-50-25-12-14-29-54(50)58-55(48)51/h3-11,13-24,26-38H,2,12,25H2,1H3/b17-3-. The van der Waals surface area contributed by atoms with E-state index in [1.807, 2.05) is 17.4 Å². The zero-order valence-electron chi connectivity index (χ0n) is 32.6. The van der Waals surface area contributed by atoms with Crippen molar-refractivity contribution in [1.82, 2.24) is 0 Å². The van der Waals surface area contributed by atoms with Crippen molar-refractivity contribution in [3.05, 3.63) is 245 Å². The number of hydrogen-bond donors (Lipinski definition) is 0. The molecule has 1 heterocycles. The van der Waals surface area contributed by atoms with Gasteiger partial charge in [-0.25, -0.2) is 0 Å². The van der Waals surface area contributed by atoms with Crippen LogP contribution in [0.25, 0.3) is 44.0 Å². The van der Waals surface area contributed by atoms with Crippen LogP contribution in [0.15, 0.2) is 212 Å². The molecule has 0 saturated carbocycles. The number of thiophene rings is 1. The molecule has 278 valence electrons. The molecule has 1 atom stereocenters. The molecular weight excluding hydrogens is 719 g/mol. The summed E-state index contributed by atoms with van der Waals surface area (Å²) in [6.07, 6.45) is 13.3. The molecule has 0 spiro atoms. The van der Waals surface area contributed by atoms with E-state index in [0.717, 1.165) is 29.9 Å². The highest BCUT2D eigenvalue weighted by atomic mass is 32.1. The number of nitrogens with zero attached hydrogens (tertiary/aromatic N) is 1. The molecule has 0 fully saturated rings. The summed E-state index contributed by atoms with van der Waals surface area (Å²) in [5, 5.41) is 1.39. The molecule has 10 rings (SSSR count). The lowest BCUT2D eigenvalue weighted by Gasteiger charge is -2.35. The highest BCUT2D eigenvalue weighted by molar-refractivity contribution is 7.20. The van der Waals surface area contributed by atoms with Crippen molar-refractivity contribution >= 4 is 50.1 Å². The predicted octanol–water partition coefficient (Wildman–Crippen LogP) is 15.5. The molecule has 0 amide bonds. The van der Waals surface area contributed by atoms with Crippen molar-refractivity contribution in [2.24, 2.45) is 0 Å². The third-order valence-electron chi connectivity index (χ3n) is 11.9. The summed E-state index contributed by atoms with van der Waals surface area (Å²) in [5.41, 5.74) is 16.6. The Balaban J connectivity index is 1.14. The van der Waals surface area contributed by atoms with Crippen molar-refractivity contribution in [1.29, 1.82) is 0 Å². The Morgan fingerprint density at radius 3 is 2.00 bits per heavy atom. The van der Waals surface area contributed by atoms with Gasteiger partial charge in [-0.15, -0.1) is 11.3 Å². The van der Waals surface area contributed by atoms with Gasteiger partial charge in [0.05, 0.1) is 5.41 Å². The number of anilines is 3. The minimum atomic E-state index is -0.512. The van der Waals surface area contributed by atoms with Gasteiger partial charge in [-0.1, -0.05) is 170 Å². The Morgan fingerprint density at radius 1 is 0.603 bits per heavy atom. The molecule has 1 nitrogen and oxygen atoms in total. The zero-order chi connectivity index (χ0) is 39.1. The van der Waals surface area contributed by atoms with Gasteiger partial charge in [0.2, 0.25) is 0 Å². The third-order valence-corrected chi connectivity index (χ3v) is 13.2. The Morgan fingerprint density at radius 2 is 1.24 bits per heavy atom. The third kappa shape index (κ3) is 5.83. The summed E-state index contributed by atoms with van der Waals surface area (Å²) < 4.78 is 1.37. The Labute approximate surface area is 345 Å². The summed E-state index contributed by atoms with van der Waals surface area (Å²) in [6, 6.07) is 64.6. The van der Waals surface area contributed by atoms with Crippen molar-refractivity contribution in [2.45, 2.75) is 25.2 Å². The molecule has 0 N–H and O–H groups in total. The Hall–Kier alpha value is -6.74. The average molecular weight is 762 g/mol. The topological polar surface area (TPSA) is 3.24 Å². The van der Waals surface area contributed by atoms with Crippen LogP contribution < -0.4 is 4.90 Å². The van der Waals surface area contributed by atoms with Crippen LogP contribution in [0, 0.1) is 0 Å². The van der Waals surface area contributed by atoms with Gasteiger partial charge < -0.3 is 4.90 Å². The summed E-state index contributed by atoms with van der Waals surface area (Å²) in [6.45, 7) is 6.42. The number of rotatable bonds is 9. The first kappa shape index (κ1) is 35.7. The average Bonchev–Trinajstić information content (AvgIpc) is 3.81. The SMILES string of the molecule is C=CC1=C(/C=C\C)C(c2ccccc2)(c2ccc(N(c3ccc(-c4ccccc4)cc3)c3cccc(-c4cccc5c6c(sc45)C=CCC6)c3)cc2)c2ccccc21. The number of allylic oxidation sites excluding steroid dienone is 6. The summed E-state index contributed by atoms with van der Waals surface area (Å²) in [4.78, 5) is 3.80. The fraction of sp³-hybridized carbons (Fsp3) is 0.0714. The van der Waals surface area contributed by atoms with E-state index < -0.39 is 5.41 Å². The highest BCUT2D eigenvalue weighted by Crippen LogP contribution is 2.55. The predicted molar refractivity (Wildman–Crippen MR) is 249 cm³/mol. The molecule has 1 aromatic heterocycles. The van der Waals surface area contributed by atoms with Gasteiger partial charge in [0.1, 0.15) is 0 Å². The molecule has 0 radical (unpaired) electrons. The first-order valence-electron chi connectivity index (χ1n) is 20.2. The van der Waals surface area contributed by atoms with Crippen LogP contribution in [0.4, 0.5) is 17.1 Å². The molecule has 0 aliphatic heterocycles. The molecule has 0 bridgehead atoms. The fourth-order valence-electron chi connectivity index (χ4n) is 9.40. The fourth-order valence-corrected chi connectivity index (χ4v) is 10.7. The first-order chi connectivity index (χ1) is 28.7. The van der Waals surface area contributed by atoms with E-state index in [1.165, 1.54) is 76.2 Å². The van der Waals surface area contributed by atoms with Crippen LogP contribution in [0.1, 0.15) is 46.0 Å². The van der Waals surface area contributed by atoms with Crippen LogP contribution >= 0.6 is 11.3 Å². The van der Waals surface area contributed by atoms with E-state index in [-0.39, 0.29) is 0 Å². The van der Waals surface area contributed by atoms with Gasteiger partial charge in [-0.2, -0.15) is 0 Å². The van der Waals surface area contributed by atoms with E-state index in [9.17, 15) is 0 Å². The summed E-state index contributed by atoms with van der Waals surface area (Å²) in [7, 11) is 0. The number of hydrogen-bond acceptors (Lipinski definition) is 2. The first-order valence-corrected chi connectivity index (χ1v) is 21.0. The maximum absolute atomic E-state index is 4.32. The number of aryl methyl sites for hydroxylation is 1. The second-order valence-electron chi connectivity index (χ2n) is 15.1. The lowest BCUT2D eigenvalue weighted by atomic mass is 9.66. The number of benzene rings is 7. The lowest BCUT2D eigenvalue weighted by molar-refractivity contribution is 0.761. The molecule has 8 aromatic rings. The van der Waals surface area contributed by atoms with Crippen LogP contribution in [0.3, 0.4) is 0 Å². The molecule has 1 unspecified atom stereocenters. The van der Waals surface area contributed by atoms with E-state index in [4.69, 9.17) is 0 Å². The van der Waals surface area contributed by atoms with Gasteiger partial charge in [0, 0.05) is 26.6 Å². The normalized spacial score (nSPS) is 15.8. The van der Waals surface area contributed by atoms with Crippen molar-refractivity contribution < 1.29 is 0 Å². The minimum absolute atomic E-state index is 0.512. The Bertz CT molecular complexity index is 2890. The van der Waals surface area contributed by atoms with Crippen molar-refractivity contribution in [3.8, 4) is 22.3 Å². The molecule has 58 heavy (non-hydrogen) atoms. The van der Waals surface area contributed by atoms with E-state index in [0.29, 0.717) is 0 Å². The largest absolute Gasteiger partial charge is 0.310 e. The van der Waals surface area contributed by atoms with Crippen LogP contribution in [0.2, 0.25) is 0 Å². The van der Waals surface area contributed by atoms with Crippen LogP contribution in [-0.4, -0.2) is 0 Å². The molecule has 2 aliphatic rings. The van der Waals surface area contributed by atoms with E-state index >= 15 is 0 Å². The number of fused-ring (bicyclic) bond motifs is 4. The minimum Gasteiger partial charge on any atom is -0.310 e. The zero-order valence-corrected chi connectivity index (χ0v) is 33.4. The molecule has 0 saturated heterocycles. The highest BCUT2D eigenvalue weighted by Gasteiger charge is 2.46.